The van der Waals surface area contributed by atoms with Gasteiger partial charge in [-0.2, -0.15) is 0 Å². The molecule has 58 heavy (non-hydrogen) atoms. The molecule has 13 nitrogen and oxygen atoms in total. The molecule has 4 N–H and O–H groups in total. The van der Waals surface area contributed by atoms with E-state index in [1.807, 2.05) is 12.4 Å². The number of aromatic nitrogens is 3. The van der Waals surface area contributed by atoms with Gasteiger partial charge in [0.2, 0.25) is 17.7 Å². The molecule has 4 aliphatic heterocycles. The molecule has 13 heteroatoms. The van der Waals surface area contributed by atoms with Crippen LogP contribution in [0.3, 0.4) is 0 Å². The number of ether oxygens (including phenoxy) is 1. The average molecular weight is 780 g/mol. The second kappa shape index (κ2) is 16.9. The number of piperazine rings is 2. The third kappa shape index (κ3) is 8.51. The normalized spacial score (nSPS) is 18.9. The number of anilines is 6. The topological polar surface area (TPSA) is 126 Å². The van der Waals surface area contributed by atoms with E-state index in [9.17, 15) is 4.79 Å². The third-order valence-electron chi connectivity index (χ3n) is 11.9. The van der Waals surface area contributed by atoms with Gasteiger partial charge >= 0.3 is 0 Å². The maximum absolute atomic E-state index is 12.3. The number of fused-ring (bicyclic) bond motifs is 2. The number of benzene rings is 3. The van der Waals surface area contributed by atoms with Crippen LogP contribution >= 0.6 is 0 Å². The summed E-state index contributed by atoms with van der Waals surface area (Å²) in [4.78, 5) is 36.5. The molecule has 1 atom stereocenters. The van der Waals surface area contributed by atoms with Crippen molar-refractivity contribution < 1.29 is 9.53 Å². The number of carbonyl (C=O) groups excluding carboxylic acids is 1. The fraction of sp³-hybridized carbons (Fsp3) is 0.378. The van der Waals surface area contributed by atoms with Gasteiger partial charge in [-0.1, -0.05) is 18.7 Å². The summed E-state index contributed by atoms with van der Waals surface area (Å²) >= 11 is 0. The van der Waals surface area contributed by atoms with Crippen molar-refractivity contribution in [3.05, 3.63) is 97.0 Å². The van der Waals surface area contributed by atoms with Crippen LogP contribution in [0.4, 0.5) is 34.4 Å². The van der Waals surface area contributed by atoms with E-state index in [-0.39, 0.29) is 11.9 Å². The van der Waals surface area contributed by atoms with Crippen molar-refractivity contribution in [3.63, 3.8) is 0 Å². The summed E-state index contributed by atoms with van der Waals surface area (Å²) < 4.78 is 5.73. The number of hydrogen-bond donors (Lipinski definition) is 4. The summed E-state index contributed by atoms with van der Waals surface area (Å²) in [5, 5.41) is 14.1. The Hall–Kier alpha value is -5.92. The first-order valence-electron chi connectivity index (χ1n) is 20.7. The summed E-state index contributed by atoms with van der Waals surface area (Å²) in [6.45, 7) is 18.1. The molecule has 0 saturated carbocycles. The summed E-state index contributed by atoms with van der Waals surface area (Å²) in [6, 6.07) is 23.2. The Morgan fingerprint density at radius 2 is 1.50 bits per heavy atom. The van der Waals surface area contributed by atoms with E-state index in [0.717, 1.165) is 135 Å². The number of rotatable bonds is 11. The highest BCUT2D eigenvalue weighted by Gasteiger charge is 2.24. The second-order valence-electron chi connectivity index (χ2n) is 15.8. The lowest BCUT2D eigenvalue weighted by Gasteiger charge is -2.38. The van der Waals surface area contributed by atoms with Crippen LogP contribution < -0.4 is 35.8 Å². The molecule has 0 spiro atoms. The van der Waals surface area contributed by atoms with Gasteiger partial charge < -0.3 is 35.8 Å². The van der Waals surface area contributed by atoms with E-state index in [1.54, 1.807) is 0 Å². The number of nitrogens with one attached hydrogen (secondary N) is 4. The molecule has 3 aromatic carbocycles. The largest absolute Gasteiger partial charge is 0.474 e. The first-order chi connectivity index (χ1) is 28.4. The zero-order chi connectivity index (χ0) is 39.4. The molecule has 1 unspecified atom stereocenters. The summed E-state index contributed by atoms with van der Waals surface area (Å²) in [7, 11) is 0. The summed E-state index contributed by atoms with van der Waals surface area (Å²) in [5.41, 5.74) is 10.3. The highest BCUT2D eigenvalue weighted by Crippen LogP contribution is 2.36. The molecular formula is C45H53N11O2. The van der Waals surface area contributed by atoms with Crippen LogP contribution in [0, 0.1) is 6.92 Å². The number of carbonyl (C=O) groups is 1. The second-order valence-corrected chi connectivity index (χ2v) is 15.8. The SMILES string of the molecule is C=C1CCC(Nc2ccc(N3CCN(CCCN4CCN(c5ccc(Nc6ncc7ccc(-c8cnc9c(c8C)NCCO9)cc7n6)cc5)CC4)CC3)cc2)C(=O)N1. The number of piperidine rings is 1. The average Bonchev–Trinajstić information content (AvgIpc) is 3.26. The third-order valence-corrected chi connectivity index (χ3v) is 11.9. The van der Waals surface area contributed by atoms with E-state index in [4.69, 9.17) is 9.72 Å². The molecule has 2 aromatic heterocycles. The fourth-order valence-electron chi connectivity index (χ4n) is 8.51. The molecule has 3 fully saturated rings. The van der Waals surface area contributed by atoms with Crippen molar-refractivity contribution >= 4 is 51.2 Å². The van der Waals surface area contributed by atoms with E-state index in [0.29, 0.717) is 18.4 Å². The molecule has 5 aromatic rings. The van der Waals surface area contributed by atoms with Crippen LogP contribution in [-0.2, 0) is 4.79 Å². The molecular weight excluding hydrogens is 727 g/mol. The van der Waals surface area contributed by atoms with Crippen LogP contribution in [0.2, 0.25) is 0 Å². The monoisotopic (exact) mass is 779 g/mol. The van der Waals surface area contributed by atoms with Gasteiger partial charge in [0, 0.05) is 111 Å². The van der Waals surface area contributed by atoms with Gasteiger partial charge in [-0.25, -0.2) is 15.0 Å². The molecule has 4 aliphatic rings. The lowest BCUT2D eigenvalue weighted by molar-refractivity contribution is -0.122. The van der Waals surface area contributed by atoms with Crippen molar-refractivity contribution in [2.45, 2.75) is 32.2 Å². The van der Waals surface area contributed by atoms with Crippen LogP contribution in [0.1, 0.15) is 24.8 Å². The first kappa shape index (κ1) is 37.6. The van der Waals surface area contributed by atoms with Crippen molar-refractivity contribution in [2.24, 2.45) is 0 Å². The lowest BCUT2D eigenvalue weighted by Crippen LogP contribution is -2.48. The molecule has 3 saturated heterocycles. The number of allylic oxidation sites excluding steroid dienone is 1. The standard InChI is InChI=1S/C45H53N11O2/c1-31-4-15-40(43(57)49-31)50-35-7-11-37(12-8-35)55-23-19-53(20-24-55)17-3-18-54-21-25-56(26-22-54)38-13-9-36(10-14-38)51-45-48-29-34-6-5-33(28-41(34)52-45)39-30-47-44-42(32(39)2)46-16-27-58-44/h5-14,28-30,40,46,50H,1,3-4,15-27H2,2H3,(H,49,57)(H,48,51,52). The summed E-state index contributed by atoms with van der Waals surface area (Å²) in [6.07, 6.45) is 6.54. The Bertz CT molecular complexity index is 2250. The van der Waals surface area contributed by atoms with E-state index in [1.165, 1.54) is 17.8 Å². The van der Waals surface area contributed by atoms with Crippen LogP contribution in [0.25, 0.3) is 22.0 Å². The highest BCUT2D eigenvalue weighted by molar-refractivity contribution is 5.88. The Morgan fingerprint density at radius 1 is 0.828 bits per heavy atom. The van der Waals surface area contributed by atoms with Crippen molar-refractivity contribution in [3.8, 4) is 17.0 Å². The predicted molar refractivity (Wildman–Crippen MR) is 234 cm³/mol. The van der Waals surface area contributed by atoms with Gasteiger partial charge in [0.25, 0.3) is 0 Å². The fourth-order valence-corrected chi connectivity index (χ4v) is 8.51. The van der Waals surface area contributed by atoms with E-state index < -0.39 is 0 Å². The molecule has 0 radical (unpaired) electrons. The van der Waals surface area contributed by atoms with Crippen molar-refractivity contribution in [1.82, 2.24) is 30.1 Å². The molecule has 6 heterocycles. The van der Waals surface area contributed by atoms with Gasteiger partial charge in [-0.05, 0) is 105 Å². The molecule has 300 valence electrons. The van der Waals surface area contributed by atoms with Gasteiger partial charge in [0.15, 0.2) is 0 Å². The Labute approximate surface area is 340 Å². The molecule has 1 amide bonds. The minimum absolute atomic E-state index is 0.00348. The summed E-state index contributed by atoms with van der Waals surface area (Å²) in [5.74, 6) is 1.24. The van der Waals surface area contributed by atoms with Gasteiger partial charge in [0.1, 0.15) is 18.3 Å². The van der Waals surface area contributed by atoms with Crippen LogP contribution in [0.5, 0.6) is 5.88 Å². The maximum Gasteiger partial charge on any atom is 0.246 e. The minimum atomic E-state index is -0.205. The Kier molecular flexibility index (Phi) is 11.0. The van der Waals surface area contributed by atoms with Gasteiger partial charge in [-0.3, -0.25) is 14.6 Å². The zero-order valence-electron chi connectivity index (χ0n) is 33.3. The predicted octanol–water partition coefficient (Wildman–Crippen LogP) is 6.09. The highest BCUT2D eigenvalue weighted by atomic mass is 16.5. The smallest absolute Gasteiger partial charge is 0.246 e. The number of pyridine rings is 1. The maximum atomic E-state index is 12.3. The van der Waals surface area contributed by atoms with Crippen LogP contribution in [-0.4, -0.2) is 115 Å². The molecule has 0 aliphatic carbocycles. The Morgan fingerprint density at radius 3 is 2.17 bits per heavy atom. The number of amides is 1. The van der Waals surface area contributed by atoms with Gasteiger partial charge in [-0.15, -0.1) is 0 Å². The van der Waals surface area contributed by atoms with Gasteiger partial charge in [0.05, 0.1) is 5.52 Å². The van der Waals surface area contributed by atoms with E-state index in [2.05, 4.69) is 131 Å². The molecule has 0 bridgehead atoms. The molecule has 9 rings (SSSR count). The quantitative estimate of drug-likeness (QED) is 0.124. The number of nitrogens with zero attached hydrogens (tertiary/aromatic N) is 7. The minimum Gasteiger partial charge on any atom is -0.474 e. The Balaban J connectivity index is 0.702. The van der Waals surface area contributed by atoms with Crippen molar-refractivity contribution in [2.75, 3.05) is 104 Å². The first-order valence-corrected chi connectivity index (χ1v) is 20.7. The zero-order valence-corrected chi connectivity index (χ0v) is 33.3. The number of hydrogen-bond acceptors (Lipinski definition) is 12. The van der Waals surface area contributed by atoms with Crippen LogP contribution in [0.15, 0.2) is 91.4 Å². The van der Waals surface area contributed by atoms with E-state index >= 15 is 0 Å². The lowest BCUT2D eigenvalue weighted by atomic mass is 10.00. The van der Waals surface area contributed by atoms with Crippen molar-refractivity contribution in [1.29, 1.82) is 0 Å².